The van der Waals surface area contributed by atoms with Gasteiger partial charge in [-0.1, -0.05) is 11.6 Å². The molecular formula is C16H23ClN2O3. The fraction of sp³-hybridized carbons (Fsp3) is 0.625. The molecule has 6 heteroatoms. The van der Waals surface area contributed by atoms with E-state index < -0.39 is 5.60 Å². The average Bonchev–Trinajstić information content (AvgIpc) is 2.66. The van der Waals surface area contributed by atoms with E-state index in [1.807, 2.05) is 40.7 Å². The van der Waals surface area contributed by atoms with Gasteiger partial charge in [0.1, 0.15) is 22.6 Å². The van der Waals surface area contributed by atoms with Crippen LogP contribution in [0.15, 0.2) is 12.1 Å². The second-order valence-electron chi connectivity index (χ2n) is 6.72. The molecule has 2 rings (SSSR count). The average molecular weight is 327 g/mol. The molecule has 2 heterocycles. The zero-order valence-corrected chi connectivity index (χ0v) is 14.5. The Balaban J connectivity index is 2.00. The van der Waals surface area contributed by atoms with Crippen molar-refractivity contribution in [3.05, 3.63) is 23.0 Å². The van der Waals surface area contributed by atoms with Crippen molar-refractivity contribution in [3.63, 3.8) is 0 Å². The van der Waals surface area contributed by atoms with Crippen LogP contribution in [0.5, 0.6) is 5.75 Å². The summed E-state index contributed by atoms with van der Waals surface area (Å²) in [4.78, 5) is 18.0. The second kappa shape index (κ2) is 6.32. The van der Waals surface area contributed by atoms with Gasteiger partial charge in [-0.25, -0.2) is 9.78 Å². The Hall–Kier alpha value is -1.49. The Morgan fingerprint density at radius 2 is 2.09 bits per heavy atom. The summed E-state index contributed by atoms with van der Waals surface area (Å²) in [7, 11) is 0. The van der Waals surface area contributed by atoms with E-state index >= 15 is 0 Å². The molecule has 122 valence electrons. The third-order valence-corrected chi connectivity index (χ3v) is 3.56. The number of amides is 1. The number of likely N-dealkylation sites (tertiary alicyclic amines) is 1. The molecule has 1 saturated heterocycles. The number of aromatic nitrogens is 1. The van der Waals surface area contributed by atoms with Crippen molar-refractivity contribution < 1.29 is 14.3 Å². The molecule has 1 fully saturated rings. The molecule has 0 aromatic carbocycles. The van der Waals surface area contributed by atoms with Crippen LogP contribution in [-0.4, -0.2) is 40.3 Å². The third-order valence-electron chi connectivity index (χ3n) is 3.36. The minimum atomic E-state index is -0.495. The summed E-state index contributed by atoms with van der Waals surface area (Å²) in [5.74, 6) is 0.681. The molecule has 1 aliphatic heterocycles. The maximum absolute atomic E-state index is 12.2. The lowest BCUT2D eigenvalue weighted by Gasteiger charge is -2.26. The number of carbonyl (C=O) groups is 1. The number of hydrogen-bond acceptors (Lipinski definition) is 4. The summed E-state index contributed by atoms with van der Waals surface area (Å²) < 4.78 is 11.4. The molecule has 1 aliphatic rings. The van der Waals surface area contributed by atoms with Crippen molar-refractivity contribution in [2.45, 2.75) is 58.8 Å². The summed E-state index contributed by atoms with van der Waals surface area (Å²) in [5, 5.41) is 0.407. The molecule has 0 spiro atoms. The van der Waals surface area contributed by atoms with Gasteiger partial charge in [-0.3, -0.25) is 0 Å². The van der Waals surface area contributed by atoms with E-state index in [-0.39, 0.29) is 18.2 Å². The van der Waals surface area contributed by atoms with Gasteiger partial charge in [-0.2, -0.15) is 0 Å². The highest BCUT2D eigenvalue weighted by Gasteiger charge is 2.36. The molecule has 0 saturated carbocycles. The van der Waals surface area contributed by atoms with Crippen molar-refractivity contribution in [2.75, 3.05) is 6.54 Å². The molecule has 1 amide bonds. The lowest BCUT2D eigenvalue weighted by atomic mass is 10.2. The van der Waals surface area contributed by atoms with Crippen molar-refractivity contribution >= 4 is 17.7 Å². The number of rotatable bonds is 2. The van der Waals surface area contributed by atoms with Crippen LogP contribution >= 0.6 is 11.6 Å². The van der Waals surface area contributed by atoms with Crippen LogP contribution in [0.4, 0.5) is 4.79 Å². The van der Waals surface area contributed by atoms with Gasteiger partial charge in [-0.05, 0) is 34.6 Å². The molecule has 0 aliphatic carbocycles. The van der Waals surface area contributed by atoms with Gasteiger partial charge < -0.3 is 14.4 Å². The van der Waals surface area contributed by atoms with Crippen molar-refractivity contribution in [2.24, 2.45) is 0 Å². The number of ether oxygens (including phenoxy) is 2. The van der Waals surface area contributed by atoms with Gasteiger partial charge in [0.05, 0.1) is 6.54 Å². The maximum atomic E-state index is 12.2. The molecule has 22 heavy (non-hydrogen) atoms. The Kier molecular flexibility index (Phi) is 4.85. The molecule has 0 N–H and O–H groups in total. The number of nitrogens with zero attached hydrogens (tertiary/aromatic N) is 2. The number of pyridine rings is 1. The standard InChI is InChI=1S/C16H23ClN2O3/c1-10-6-12(8-14(17)18-10)21-13-7-11(2)19(9-13)15(20)22-16(3,4)5/h6,8,11,13H,7,9H2,1-5H3/t11-,13+/m0/s1. The van der Waals surface area contributed by atoms with Crippen LogP contribution in [0.2, 0.25) is 5.15 Å². The fourth-order valence-electron chi connectivity index (χ4n) is 2.50. The van der Waals surface area contributed by atoms with Crippen LogP contribution in [0.1, 0.15) is 39.8 Å². The minimum absolute atomic E-state index is 0.0691. The smallest absolute Gasteiger partial charge is 0.410 e. The van der Waals surface area contributed by atoms with Gasteiger partial charge >= 0.3 is 6.09 Å². The fourth-order valence-corrected chi connectivity index (χ4v) is 2.74. The van der Waals surface area contributed by atoms with Gasteiger partial charge in [0.15, 0.2) is 0 Å². The monoisotopic (exact) mass is 326 g/mol. The van der Waals surface area contributed by atoms with E-state index in [1.165, 1.54) is 0 Å². The molecule has 2 atom stereocenters. The van der Waals surface area contributed by atoms with Crippen molar-refractivity contribution in [1.29, 1.82) is 0 Å². The van der Waals surface area contributed by atoms with Gasteiger partial charge in [-0.15, -0.1) is 0 Å². The van der Waals surface area contributed by atoms with E-state index in [0.717, 1.165) is 12.1 Å². The molecule has 0 radical (unpaired) electrons. The lowest BCUT2D eigenvalue weighted by molar-refractivity contribution is 0.0224. The largest absolute Gasteiger partial charge is 0.488 e. The quantitative estimate of drug-likeness (QED) is 0.775. The first-order valence-corrected chi connectivity index (χ1v) is 7.82. The van der Waals surface area contributed by atoms with Crippen LogP contribution in [-0.2, 0) is 4.74 Å². The summed E-state index contributed by atoms with van der Waals surface area (Å²) in [6, 6.07) is 3.61. The highest BCUT2D eigenvalue weighted by Crippen LogP contribution is 2.26. The van der Waals surface area contributed by atoms with Crippen molar-refractivity contribution in [3.8, 4) is 5.75 Å². The first kappa shape index (κ1) is 16.9. The van der Waals surface area contributed by atoms with Crippen LogP contribution in [0.3, 0.4) is 0 Å². The summed E-state index contributed by atoms with van der Waals surface area (Å²) in [6.45, 7) is 9.96. The highest BCUT2D eigenvalue weighted by molar-refractivity contribution is 6.29. The Bertz CT molecular complexity index is 537. The Morgan fingerprint density at radius 3 is 2.68 bits per heavy atom. The van der Waals surface area contributed by atoms with E-state index in [4.69, 9.17) is 21.1 Å². The predicted octanol–water partition coefficient (Wildman–Crippen LogP) is 3.82. The molecule has 1 aromatic heterocycles. The lowest BCUT2D eigenvalue weighted by Crippen LogP contribution is -2.39. The molecule has 0 bridgehead atoms. The SMILES string of the molecule is Cc1cc(O[C@@H]2C[C@H](C)N(C(=O)OC(C)(C)C)C2)cc(Cl)n1. The number of aryl methyl sites for hydroxylation is 1. The normalized spacial score (nSPS) is 21.8. The van der Waals surface area contributed by atoms with Gasteiger partial charge in [0.25, 0.3) is 0 Å². The van der Waals surface area contributed by atoms with E-state index in [9.17, 15) is 4.79 Å². The summed E-state index contributed by atoms with van der Waals surface area (Å²) >= 11 is 5.94. The molecular weight excluding hydrogens is 304 g/mol. The second-order valence-corrected chi connectivity index (χ2v) is 7.11. The maximum Gasteiger partial charge on any atom is 0.410 e. The molecule has 1 aromatic rings. The van der Waals surface area contributed by atoms with E-state index in [1.54, 1.807) is 11.0 Å². The van der Waals surface area contributed by atoms with Crippen LogP contribution in [0, 0.1) is 6.92 Å². The number of carbonyl (C=O) groups excluding carboxylic acids is 1. The predicted molar refractivity (Wildman–Crippen MR) is 85.4 cm³/mol. The van der Waals surface area contributed by atoms with E-state index in [2.05, 4.69) is 4.98 Å². The highest BCUT2D eigenvalue weighted by atomic mass is 35.5. The topological polar surface area (TPSA) is 51.7 Å². The number of halogens is 1. The zero-order chi connectivity index (χ0) is 16.5. The first-order chi connectivity index (χ1) is 10.1. The van der Waals surface area contributed by atoms with E-state index in [0.29, 0.717) is 17.4 Å². The Labute approximate surface area is 136 Å². The third kappa shape index (κ3) is 4.50. The molecule has 0 unspecified atom stereocenters. The summed E-state index contributed by atoms with van der Waals surface area (Å²) in [5.41, 5.74) is 0.309. The van der Waals surface area contributed by atoms with Crippen LogP contribution in [0.25, 0.3) is 0 Å². The molecule has 5 nitrogen and oxygen atoms in total. The summed E-state index contributed by atoms with van der Waals surface area (Å²) in [6.07, 6.45) is 0.397. The van der Waals surface area contributed by atoms with Crippen LogP contribution < -0.4 is 4.74 Å². The van der Waals surface area contributed by atoms with Gasteiger partial charge in [0, 0.05) is 30.3 Å². The Morgan fingerprint density at radius 1 is 1.41 bits per heavy atom. The minimum Gasteiger partial charge on any atom is -0.488 e. The first-order valence-electron chi connectivity index (χ1n) is 7.44. The van der Waals surface area contributed by atoms with Gasteiger partial charge in [0.2, 0.25) is 0 Å². The number of hydrogen-bond donors (Lipinski definition) is 0. The van der Waals surface area contributed by atoms with Crippen molar-refractivity contribution in [1.82, 2.24) is 9.88 Å². The zero-order valence-electron chi connectivity index (χ0n) is 13.7.